The van der Waals surface area contributed by atoms with E-state index in [1.807, 2.05) is 0 Å². The van der Waals surface area contributed by atoms with Crippen LogP contribution < -0.4 is 5.32 Å². The lowest BCUT2D eigenvalue weighted by atomic mass is 10.0. The average Bonchev–Trinajstić information content (AvgIpc) is 2.18. The number of nitrogens with one attached hydrogen (secondary N) is 1. The number of hydrogen-bond donors (Lipinski definition) is 1. The highest BCUT2D eigenvalue weighted by Crippen LogP contribution is 2.13. The van der Waals surface area contributed by atoms with Crippen LogP contribution in [-0.4, -0.2) is 61.7 Å². The van der Waals surface area contributed by atoms with Crippen LogP contribution in [0.1, 0.15) is 26.7 Å². The van der Waals surface area contributed by atoms with Gasteiger partial charge in [0.2, 0.25) is 0 Å². The number of nitrogens with zero attached hydrogens (tertiary/aromatic N) is 2. The van der Waals surface area contributed by atoms with Gasteiger partial charge in [0.15, 0.2) is 0 Å². The van der Waals surface area contributed by atoms with Gasteiger partial charge in [-0.3, -0.25) is 4.90 Å². The fraction of sp³-hybridized carbons (Fsp3) is 1.00. The smallest absolute Gasteiger partial charge is 0.0346 e. The van der Waals surface area contributed by atoms with Gasteiger partial charge in [0, 0.05) is 51.9 Å². The van der Waals surface area contributed by atoms with Gasteiger partial charge in [-0.2, -0.15) is 0 Å². The zero-order chi connectivity index (χ0) is 11.4. The van der Waals surface area contributed by atoms with E-state index in [0.717, 1.165) is 12.0 Å². The van der Waals surface area contributed by atoms with Gasteiger partial charge in [-0.05, 0) is 12.3 Å². The second-order valence-electron chi connectivity index (χ2n) is 5.54. The standard InChI is InChI=1S/C13H27N3/c1-3-4-12(2)11-15-5-7-16(8-6-15)13-9-14-10-13/h12-14H,3-11H2,1-2H3. The lowest BCUT2D eigenvalue weighted by molar-refractivity contribution is 0.0659. The van der Waals surface area contributed by atoms with E-state index in [9.17, 15) is 0 Å². The highest BCUT2D eigenvalue weighted by molar-refractivity contribution is 4.87. The Hall–Kier alpha value is -0.120. The highest BCUT2D eigenvalue weighted by Gasteiger charge is 2.27. The molecule has 0 amide bonds. The minimum absolute atomic E-state index is 0.843. The molecule has 0 spiro atoms. The van der Waals surface area contributed by atoms with E-state index in [1.165, 1.54) is 58.7 Å². The van der Waals surface area contributed by atoms with Gasteiger partial charge in [-0.15, -0.1) is 0 Å². The molecule has 1 unspecified atom stereocenters. The van der Waals surface area contributed by atoms with Gasteiger partial charge in [-0.25, -0.2) is 0 Å². The highest BCUT2D eigenvalue weighted by atomic mass is 15.3. The molecule has 2 rings (SSSR count). The molecule has 2 heterocycles. The summed E-state index contributed by atoms with van der Waals surface area (Å²) in [6, 6.07) is 0.843. The fourth-order valence-corrected chi connectivity index (χ4v) is 2.87. The Balaban J connectivity index is 1.64. The van der Waals surface area contributed by atoms with Crippen LogP contribution >= 0.6 is 0 Å². The molecule has 0 saturated carbocycles. The normalized spacial score (nSPS) is 26.6. The molecule has 94 valence electrons. The zero-order valence-electron chi connectivity index (χ0n) is 10.9. The van der Waals surface area contributed by atoms with Crippen molar-refractivity contribution < 1.29 is 0 Å². The third-order valence-electron chi connectivity index (χ3n) is 4.03. The second-order valence-corrected chi connectivity index (χ2v) is 5.54. The summed E-state index contributed by atoms with van der Waals surface area (Å²) in [7, 11) is 0. The third-order valence-corrected chi connectivity index (χ3v) is 4.03. The molecule has 2 fully saturated rings. The van der Waals surface area contributed by atoms with E-state index in [4.69, 9.17) is 0 Å². The first-order chi connectivity index (χ1) is 7.79. The summed E-state index contributed by atoms with van der Waals surface area (Å²) >= 11 is 0. The van der Waals surface area contributed by atoms with Crippen molar-refractivity contribution in [2.45, 2.75) is 32.7 Å². The molecule has 2 aliphatic heterocycles. The van der Waals surface area contributed by atoms with E-state index in [0.29, 0.717) is 0 Å². The maximum absolute atomic E-state index is 3.36. The lowest BCUT2D eigenvalue weighted by Crippen LogP contribution is -2.61. The Morgan fingerprint density at radius 1 is 1.19 bits per heavy atom. The van der Waals surface area contributed by atoms with Crippen LogP contribution in [-0.2, 0) is 0 Å². The van der Waals surface area contributed by atoms with Gasteiger partial charge in [-0.1, -0.05) is 20.3 Å². The molecule has 0 bridgehead atoms. The first-order valence-electron chi connectivity index (χ1n) is 6.96. The van der Waals surface area contributed by atoms with Crippen LogP contribution in [0.15, 0.2) is 0 Å². The van der Waals surface area contributed by atoms with Crippen molar-refractivity contribution in [2.75, 3.05) is 45.8 Å². The van der Waals surface area contributed by atoms with Gasteiger partial charge < -0.3 is 10.2 Å². The molecule has 0 aromatic heterocycles. The van der Waals surface area contributed by atoms with Crippen molar-refractivity contribution >= 4 is 0 Å². The molecule has 2 saturated heterocycles. The molecule has 0 aromatic carbocycles. The zero-order valence-corrected chi connectivity index (χ0v) is 10.9. The van der Waals surface area contributed by atoms with E-state index in [1.54, 1.807) is 0 Å². The average molecular weight is 225 g/mol. The summed E-state index contributed by atoms with van der Waals surface area (Å²) in [5.41, 5.74) is 0. The summed E-state index contributed by atoms with van der Waals surface area (Å²) in [5.74, 6) is 0.877. The van der Waals surface area contributed by atoms with Gasteiger partial charge in [0.25, 0.3) is 0 Å². The SMILES string of the molecule is CCCC(C)CN1CCN(C2CNC2)CC1. The minimum atomic E-state index is 0.843. The first-order valence-corrected chi connectivity index (χ1v) is 6.96. The molecule has 16 heavy (non-hydrogen) atoms. The molecule has 0 radical (unpaired) electrons. The van der Waals surface area contributed by atoms with Crippen molar-refractivity contribution in [2.24, 2.45) is 5.92 Å². The largest absolute Gasteiger partial charge is 0.314 e. The minimum Gasteiger partial charge on any atom is -0.314 e. The van der Waals surface area contributed by atoms with E-state index >= 15 is 0 Å². The van der Waals surface area contributed by atoms with Crippen molar-refractivity contribution in [1.82, 2.24) is 15.1 Å². The molecular formula is C13H27N3. The molecule has 3 heteroatoms. The summed E-state index contributed by atoms with van der Waals surface area (Å²) < 4.78 is 0. The summed E-state index contributed by atoms with van der Waals surface area (Å²) in [6.07, 6.45) is 2.71. The summed E-state index contributed by atoms with van der Waals surface area (Å²) in [6.45, 7) is 13.6. The van der Waals surface area contributed by atoms with Crippen LogP contribution in [0.3, 0.4) is 0 Å². The lowest BCUT2D eigenvalue weighted by Gasteiger charge is -2.43. The Labute approximate surface area is 100 Å². The van der Waals surface area contributed by atoms with Gasteiger partial charge >= 0.3 is 0 Å². The maximum Gasteiger partial charge on any atom is 0.0346 e. The molecular weight excluding hydrogens is 198 g/mol. The van der Waals surface area contributed by atoms with Crippen LogP contribution in [0.2, 0.25) is 0 Å². The molecule has 2 aliphatic rings. The Kier molecular flexibility index (Phi) is 4.62. The number of hydrogen-bond acceptors (Lipinski definition) is 3. The van der Waals surface area contributed by atoms with Gasteiger partial charge in [0.05, 0.1) is 0 Å². The second kappa shape index (κ2) is 5.99. The molecule has 0 aromatic rings. The van der Waals surface area contributed by atoms with E-state index < -0.39 is 0 Å². The Bertz CT molecular complexity index is 195. The Morgan fingerprint density at radius 2 is 1.88 bits per heavy atom. The van der Waals surface area contributed by atoms with Crippen LogP contribution in [0.25, 0.3) is 0 Å². The first kappa shape index (κ1) is 12.3. The molecule has 1 N–H and O–H groups in total. The molecule has 3 nitrogen and oxygen atoms in total. The topological polar surface area (TPSA) is 18.5 Å². The monoisotopic (exact) mass is 225 g/mol. The van der Waals surface area contributed by atoms with Gasteiger partial charge in [0.1, 0.15) is 0 Å². The van der Waals surface area contributed by atoms with Crippen LogP contribution in [0.4, 0.5) is 0 Å². The van der Waals surface area contributed by atoms with Crippen LogP contribution in [0.5, 0.6) is 0 Å². The Morgan fingerprint density at radius 3 is 2.38 bits per heavy atom. The number of piperazine rings is 1. The summed E-state index contributed by atoms with van der Waals surface area (Å²) in [5, 5.41) is 3.36. The maximum atomic E-state index is 3.36. The predicted molar refractivity (Wildman–Crippen MR) is 68.7 cm³/mol. The van der Waals surface area contributed by atoms with E-state index in [-0.39, 0.29) is 0 Å². The summed E-state index contributed by atoms with van der Waals surface area (Å²) in [4.78, 5) is 5.32. The van der Waals surface area contributed by atoms with Crippen molar-refractivity contribution in [1.29, 1.82) is 0 Å². The van der Waals surface area contributed by atoms with Crippen LogP contribution in [0, 0.1) is 5.92 Å². The molecule has 0 aliphatic carbocycles. The third kappa shape index (κ3) is 3.19. The fourth-order valence-electron chi connectivity index (χ4n) is 2.87. The quantitative estimate of drug-likeness (QED) is 0.753. The molecule has 1 atom stereocenters. The van der Waals surface area contributed by atoms with E-state index in [2.05, 4.69) is 29.0 Å². The number of rotatable bonds is 5. The van der Waals surface area contributed by atoms with Crippen molar-refractivity contribution in [3.63, 3.8) is 0 Å². The van der Waals surface area contributed by atoms with Crippen molar-refractivity contribution in [3.8, 4) is 0 Å². The van der Waals surface area contributed by atoms with Crippen molar-refractivity contribution in [3.05, 3.63) is 0 Å². The predicted octanol–water partition coefficient (Wildman–Crippen LogP) is 1.01.